The van der Waals surface area contributed by atoms with Gasteiger partial charge in [0, 0.05) is 30.9 Å². The molecule has 0 saturated heterocycles. The van der Waals surface area contributed by atoms with Crippen LogP contribution in [0.1, 0.15) is 48.2 Å². The van der Waals surface area contributed by atoms with Crippen LogP contribution in [0.2, 0.25) is 0 Å². The van der Waals surface area contributed by atoms with Crippen molar-refractivity contribution in [2.24, 2.45) is 4.99 Å². The number of halogens is 1. The van der Waals surface area contributed by atoms with Crippen molar-refractivity contribution < 1.29 is 0 Å². The zero-order valence-electron chi connectivity index (χ0n) is 16.0. The lowest BCUT2D eigenvalue weighted by molar-refractivity contribution is 0.613. The Balaban J connectivity index is 0.00000243. The molecule has 3 rings (SSSR count). The van der Waals surface area contributed by atoms with Crippen molar-refractivity contribution in [1.29, 1.82) is 0 Å². The maximum Gasteiger partial charge on any atom is 0.191 e. The van der Waals surface area contributed by atoms with Gasteiger partial charge in [-0.2, -0.15) is 5.10 Å². The molecule has 0 aliphatic heterocycles. The number of rotatable bonds is 5. The fraction of sp³-hybridized carbons (Fsp3) is 0.500. The molecule has 0 bridgehead atoms. The van der Waals surface area contributed by atoms with Gasteiger partial charge in [0.2, 0.25) is 0 Å². The maximum atomic E-state index is 4.73. The van der Waals surface area contributed by atoms with Crippen LogP contribution >= 0.6 is 24.0 Å². The lowest BCUT2D eigenvalue weighted by atomic mass is 10.2. The molecule has 0 spiro atoms. The van der Waals surface area contributed by atoms with Crippen LogP contribution in [0.3, 0.4) is 0 Å². The second kappa shape index (κ2) is 9.94. The third kappa shape index (κ3) is 5.22. The van der Waals surface area contributed by atoms with Crippen LogP contribution in [0.5, 0.6) is 0 Å². The van der Waals surface area contributed by atoms with Gasteiger partial charge in [0.1, 0.15) is 0 Å². The van der Waals surface area contributed by atoms with E-state index in [-0.39, 0.29) is 24.0 Å². The minimum absolute atomic E-state index is 0. The smallest absolute Gasteiger partial charge is 0.191 e. The van der Waals surface area contributed by atoms with Gasteiger partial charge < -0.3 is 10.6 Å². The Hall–Kier alpha value is -1.57. The van der Waals surface area contributed by atoms with E-state index in [0.29, 0.717) is 6.04 Å². The number of nitrogens with one attached hydrogen (secondary N) is 2. The second-order valence-electron chi connectivity index (χ2n) is 6.84. The number of aryl methyl sites for hydroxylation is 1. The van der Waals surface area contributed by atoms with E-state index < -0.39 is 0 Å². The third-order valence-corrected chi connectivity index (χ3v) is 5.06. The van der Waals surface area contributed by atoms with E-state index in [4.69, 9.17) is 5.10 Å². The first kappa shape index (κ1) is 20.7. The zero-order chi connectivity index (χ0) is 17.6. The van der Waals surface area contributed by atoms with E-state index in [1.165, 1.54) is 42.5 Å². The van der Waals surface area contributed by atoms with Gasteiger partial charge in [0.05, 0.1) is 12.2 Å². The first-order chi connectivity index (χ1) is 12.2. The summed E-state index contributed by atoms with van der Waals surface area (Å²) in [4.78, 5) is 4.37. The lowest BCUT2D eigenvalue weighted by Crippen LogP contribution is -2.42. The molecule has 1 aromatic carbocycles. The molecule has 1 aliphatic rings. The Morgan fingerprint density at radius 2 is 1.88 bits per heavy atom. The van der Waals surface area contributed by atoms with Crippen LogP contribution in [-0.2, 0) is 13.1 Å². The van der Waals surface area contributed by atoms with E-state index >= 15 is 0 Å². The highest BCUT2D eigenvalue weighted by atomic mass is 127. The summed E-state index contributed by atoms with van der Waals surface area (Å²) in [5, 5.41) is 11.7. The molecule has 1 fully saturated rings. The SMILES string of the molecule is CN=C(NCc1c(C)nn(Cc2ccccc2)c1C)NC1CCCC1.I. The van der Waals surface area contributed by atoms with Crippen LogP contribution in [-0.4, -0.2) is 28.8 Å². The largest absolute Gasteiger partial charge is 0.354 e. The number of aromatic nitrogens is 2. The minimum atomic E-state index is 0. The van der Waals surface area contributed by atoms with Gasteiger partial charge in [-0.15, -0.1) is 24.0 Å². The van der Waals surface area contributed by atoms with Crippen molar-refractivity contribution in [2.45, 2.75) is 58.7 Å². The van der Waals surface area contributed by atoms with Crippen LogP contribution in [0, 0.1) is 13.8 Å². The summed E-state index contributed by atoms with van der Waals surface area (Å²) < 4.78 is 2.09. The van der Waals surface area contributed by atoms with Gasteiger partial charge in [-0.3, -0.25) is 9.67 Å². The molecule has 26 heavy (non-hydrogen) atoms. The summed E-state index contributed by atoms with van der Waals surface area (Å²) in [6.45, 7) is 5.78. The second-order valence-corrected chi connectivity index (χ2v) is 6.84. The van der Waals surface area contributed by atoms with E-state index in [2.05, 4.69) is 58.4 Å². The molecule has 0 radical (unpaired) electrons. The molecule has 2 aromatic rings. The molecule has 0 atom stereocenters. The van der Waals surface area contributed by atoms with Crippen LogP contribution in [0.15, 0.2) is 35.3 Å². The summed E-state index contributed by atoms with van der Waals surface area (Å²) in [5.41, 5.74) is 4.82. The monoisotopic (exact) mass is 467 g/mol. The van der Waals surface area contributed by atoms with Gasteiger partial charge >= 0.3 is 0 Å². The highest BCUT2D eigenvalue weighted by Gasteiger charge is 2.17. The van der Waals surface area contributed by atoms with Gasteiger partial charge in [-0.05, 0) is 32.3 Å². The normalized spacial score (nSPS) is 15.0. The summed E-state index contributed by atoms with van der Waals surface area (Å²) in [5.74, 6) is 0.890. The highest BCUT2D eigenvalue weighted by Crippen LogP contribution is 2.18. The number of hydrogen-bond donors (Lipinski definition) is 2. The van der Waals surface area contributed by atoms with E-state index in [1.54, 1.807) is 0 Å². The first-order valence-electron chi connectivity index (χ1n) is 9.21. The minimum Gasteiger partial charge on any atom is -0.354 e. The van der Waals surface area contributed by atoms with Gasteiger partial charge in [-0.1, -0.05) is 43.2 Å². The Morgan fingerprint density at radius 3 is 2.54 bits per heavy atom. The number of benzene rings is 1. The molecular weight excluding hydrogens is 437 g/mol. The fourth-order valence-corrected chi connectivity index (χ4v) is 3.53. The van der Waals surface area contributed by atoms with Crippen LogP contribution in [0.25, 0.3) is 0 Å². The van der Waals surface area contributed by atoms with E-state index in [0.717, 1.165) is 24.7 Å². The van der Waals surface area contributed by atoms with Crippen molar-refractivity contribution in [2.75, 3.05) is 7.05 Å². The molecule has 2 N–H and O–H groups in total. The van der Waals surface area contributed by atoms with Crippen LogP contribution in [0.4, 0.5) is 0 Å². The molecule has 1 aliphatic carbocycles. The van der Waals surface area contributed by atoms with Crippen molar-refractivity contribution >= 4 is 29.9 Å². The highest BCUT2D eigenvalue weighted by molar-refractivity contribution is 14.0. The van der Waals surface area contributed by atoms with Crippen molar-refractivity contribution in [3.05, 3.63) is 52.8 Å². The Labute approximate surface area is 173 Å². The van der Waals surface area contributed by atoms with E-state index in [9.17, 15) is 0 Å². The molecule has 1 aromatic heterocycles. The lowest BCUT2D eigenvalue weighted by Gasteiger charge is -2.17. The molecule has 1 heterocycles. The number of nitrogens with zero attached hydrogens (tertiary/aromatic N) is 3. The maximum absolute atomic E-state index is 4.73. The summed E-state index contributed by atoms with van der Waals surface area (Å²) in [6.07, 6.45) is 5.12. The standard InChI is InChI=1S/C20H29N5.HI/c1-15-19(13-22-20(21-3)23-18-11-7-8-12-18)16(2)25(24-15)14-17-9-5-4-6-10-17;/h4-6,9-10,18H,7-8,11-14H2,1-3H3,(H2,21,22,23);1H. The van der Waals surface area contributed by atoms with Gasteiger partial charge in [0.15, 0.2) is 5.96 Å². The average molecular weight is 467 g/mol. The fourth-order valence-electron chi connectivity index (χ4n) is 3.53. The van der Waals surface area contributed by atoms with Crippen molar-refractivity contribution in [1.82, 2.24) is 20.4 Å². The van der Waals surface area contributed by atoms with E-state index in [1.807, 2.05) is 13.1 Å². The Morgan fingerprint density at radius 1 is 1.19 bits per heavy atom. The quantitative estimate of drug-likeness (QED) is 0.400. The number of guanidine groups is 1. The molecule has 1 saturated carbocycles. The van der Waals surface area contributed by atoms with Crippen molar-refractivity contribution in [3.8, 4) is 0 Å². The topological polar surface area (TPSA) is 54.2 Å². The van der Waals surface area contributed by atoms with Crippen molar-refractivity contribution in [3.63, 3.8) is 0 Å². The predicted molar refractivity (Wildman–Crippen MR) is 118 cm³/mol. The average Bonchev–Trinajstić information content (AvgIpc) is 3.22. The Kier molecular flexibility index (Phi) is 7.93. The molecule has 142 valence electrons. The zero-order valence-corrected chi connectivity index (χ0v) is 18.3. The predicted octanol–water partition coefficient (Wildman–Crippen LogP) is 3.77. The summed E-state index contributed by atoms with van der Waals surface area (Å²) in [7, 11) is 1.84. The van der Waals surface area contributed by atoms with Gasteiger partial charge in [-0.25, -0.2) is 0 Å². The molecule has 5 nitrogen and oxygen atoms in total. The summed E-state index contributed by atoms with van der Waals surface area (Å²) >= 11 is 0. The molecular formula is C20H30IN5. The number of aliphatic imine (C=N–C) groups is 1. The molecule has 0 amide bonds. The van der Waals surface area contributed by atoms with Gasteiger partial charge in [0.25, 0.3) is 0 Å². The number of hydrogen-bond acceptors (Lipinski definition) is 2. The van der Waals surface area contributed by atoms with Crippen LogP contribution < -0.4 is 10.6 Å². The third-order valence-electron chi connectivity index (χ3n) is 5.06. The Bertz CT molecular complexity index is 717. The molecule has 6 heteroatoms. The molecule has 0 unspecified atom stereocenters. The first-order valence-corrected chi connectivity index (χ1v) is 9.21. The summed E-state index contributed by atoms with van der Waals surface area (Å²) in [6, 6.07) is 11.0.